The summed E-state index contributed by atoms with van der Waals surface area (Å²) in [6, 6.07) is 11.5. The predicted octanol–water partition coefficient (Wildman–Crippen LogP) is 3.13. The second-order valence-corrected chi connectivity index (χ2v) is 6.80. The van der Waals surface area contributed by atoms with E-state index in [9.17, 15) is 5.11 Å². The number of halogens is 1. The van der Waals surface area contributed by atoms with Crippen molar-refractivity contribution < 1.29 is 14.9 Å². The molecule has 29 heavy (non-hydrogen) atoms. The number of aliphatic hydroxyl groups is 2. The van der Waals surface area contributed by atoms with Gasteiger partial charge in [0.15, 0.2) is 0 Å². The van der Waals surface area contributed by atoms with Crippen LogP contribution < -0.4 is 11.2 Å². The average Bonchev–Trinajstić information content (AvgIpc) is 2.73. The zero-order valence-electron chi connectivity index (χ0n) is 16.2. The molecule has 0 saturated carbocycles. The highest BCUT2D eigenvalue weighted by atomic mass is 35.5. The van der Waals surface area contributed by atoms with Crippen LogP contribution in [0.25, 0.3) is 5.76 Å². The highest BCUT2D eigenvalue weighted by Crippen LogP contribution is 2.28. The molecule has 152 valence electrons. The van der Waals surface area contributed by atoms with Crippen molar-refractivity contribution in [3.05, 3.63) is 70.3 Å². The van der Waals surface area contributed by atoms with Crippen LogP contribution in [0.4, 0.5) is 5.69 Å². The maximum Gasteiger partial charge on any atom is 0.236 e. The van der Waals surface area contributed by atoms with Crippen LogP contribution in [-0.4, -0.2) is 28.3 Å². The smallest absolute Gasteiger partial charge is 0.236 e. The van der Waals surface area contributed by atoms with E-state index in [4.69, 9.17) is 32.5 Å². The number of aliphatic hydroxyl groups excluding tert-OH is 2. The number of ether oxygens (including phenoxy) is 1. The molecule has 0 heterocycles. The third kappa shape index (κ3) is 5.27. The van der Waals surface area contributed by atoms with Crippen LogP contribution in [0.15, 0.2) is 48.1 Å². The van der Waals surface area contributed by atoms with Crippen molar-refractivity contribution in [3.63, 3.8) is 0 Å². The largest absolute Gasteiger partial charge is 0.439 e. The van der Waals surface area contributed by atoms with E-state index in [0.717, 1.165) is 5.56 Å². The standard InChI is InChI=1S/C21H23ClN4O3/c1-12-18(9-8-17(10-23)19(12)22)25-20(13(2)28)21(26-24)29-14(3)16-6-4-15(11-27)5-7-16/h4-9,13,20,25,27-28H,3,11,24H2,1-2H3/b26-21-/t13-,20?/m0/s1. The Kier molecular flexibility index (Phi) is 7.62. The van der Waals surface area contributed by atoms with Crippen molar-refractivity contribution in [1.29, 1.82) is 5.26 Å². The summed E-state index contributed by atoms with van der Waals surface area (Å²) >= 11 is 6.22. The van der Waals surface area contributed by atoms with Crippen LogP contribution in [0.5, 0.6) is 0 Å². The van der Waals surface area contributed by atoms with Gasteiger partial charge >= 0.3 is 0 Å². The maximum absolute atomic E-state index is 10.3. The zero-order chi connectivity index (χ0) is 21.6. The molecule has 0 saturated heterocycles. The second-order valence-electron chi connectivity index (χ2n) is 6.42. The van der Waals surface area contributed by atoms with E-state index in [0.29, 0.717) is 27.4 Å². The lowest BCUT2D eigenvalue weighted by atomic mass is 10.1. The van der Waals surface area contributed by atoms with E-state index in [-0.39, 0.29) is 18.3 Å². The molecule has 2 aromatic carbocycles. The van der Waals surface area contributed by atoms with Crippen LogP contribution in [0.1, 0.15) is 29.2 Å². The molecule has 0 spiro atoms. The lowest BCUT2D eigenvalue weighted by molar-refractivity contribution is 0.185. The molecule has 0 aliphatic rings. The first-order valence-corrected chi connectivity index (χ1v) is 9.18. The molecule has 8 heteroatoms. The SMILES string of the molecule is C=C(O/C(=N\N)C(Nc1ccc(C#N)c(Cl)c1C)[C@H](C)O)c1ccc(CO)cc1. The monoisotopic (exact) mass is 414 g/mol. The number of hydrazone groups is 1. The van der Waals surface area contributed by atoms with Gasteiger partial charge in [0, 0.05) is 11.3 Å². The van der Waals surface area contributed by atoms with E-state index in [1.54, 1.807) is 50.2 Å². The molecule has 0 aliphatic carbocycles. The van der Waals surface area contributed by atoms with E-state index in [1.807, 2.05) is 6.07 Å². The van der Waals surface area contributed by atoms with Crippen molar-refractivity contribution in [2.45, 2.75) is 32.6 Å². The number of hydrogen-bond donors (Lipinski definition) is 4. The maximum atomic E-state index is 10.3. The van der Waals surface area contributed by atoms with Gasteiger partial charge < -0.3 is 26.1 Å². The lowest BCUT2D eigenvalue weighted by Crippen LogP contribution is -2.41. The van der Waals surface area contributed by atoms with Crippen LogP contribution in [-0.2, 0) is 11.3 Å². The molecule has 0 amide bonds. The van der Waals surface area contributed by atoms with Gasteiger partial charge in [-0.3, -0.25) is 0 Å². The minimum absolute atomic E-state index is 0.0242. The number of nitrogens with zero attached hydrogens (tertiary/aromatic N) is 2. The second kappa shape index (κ2) is 9.94. The van der Waals surface area contributed by atoms with Crippen molar-refractivity contribution in [3.8, 4) is 6.07 Å². The Morgan fingerprint density at radius 2 is 2.00 bits per heavy atom. The number of rotatable bonds is 7. The Hall–Kier alpha value is -3.05. The summed E-state index contributed by atoms with van der Waals surface area (Å²) in [5.41, 5.74) is 3.02. The summed E-state index contributed by atoms with van der Waals surface area (Å²) in [6.07, 6.45) is -0.921. The Morgan fingerprint density at radius 3 is 2.52 bits per heavy atom. The van der Waals surface area contributed by atoms with Gasteiger partial charge in [0.1, 0.15) is 17.9 Å². The molecule has 0 radical (unpaired) electrons. The highest BCUT2D eigenvalue weighted by Gasteiger charge is 2.25. The number of nitriles is 1. The first-order valence-electron chi connectivity index (χ1n) is 8.80. The average molecular weight is 415 g/mol. The van der Waals surface area contributed by atoms with E-state index >= 15 is 0 Å². The minimum Gasteiger partial charge on any atom is -0.439 e. The molecule has 2 aromatic rings. The first-order chi connectivity index (χ1) is 13.8. The van der Waals surface area contributed by atoms with E-state index in [1.165, 1.54) is 0 Å². The molecule has 0 bridgehead atoms. The Balaban J connectivity index is 2.25. The summed E-state index contributed by atoms with van der Waals surface area (Å²) in [7, 11) is 0. The van der Waals surface area contributed by atoms with Crippen LogP contribution in [0, 0.1) is 18.3 Å². The van der Waals surface area contributed by atoms with Gasteiger partial charge in [-0.1, -0.05) is 42.4 Å². The topological polar surface area (TPSA) is 124 Å². The summed E-state index contributed by atoms with van der Waals surface area (Å²) in [4.78, 5) is 0. The van der Waals surface area contributed by atoms with Crippen LogP contribution in [0.3, 0.4) is 0 Å². The Bertz CT molecular complexity index is 950. The number of nitrogens with two attached hydrogens (primary N) is 1. The minimum atomic E-state index is -0.921. The fourth-order valence-corrected chi connectivity index (χ4v) is 2.84. The third-order valence-corrected chi connectivity index (χ3v) is 4.87. The molecular formula is C21H23ClN4O3. The molecule has 5 N–H and O–H groups in total. The molecule has 0 fully saturated rings. The van der Waals surface area contributed by atoms with Crippen molar-refractivity contribution in [2.24, 2.45) is 10.9 Å². The van der Waals surface area contributed by atoms with Crippen LogP contribution in [0.2, 0.25) is 5.02 Å². The predicted molar refractivity (Wildman–Crippen MR) is 114 cm³/mol. The van der Waals surface area contributed by atoms with Gasteiger partial charge in [-0.25, -0.2) is 0 Å². The van der Waals surface area contributed by atoms with Gasteiger partial charge in [-0.2, -0.15) is 5.26 Å². The number of nitrogens with one attached hydrogen (secondary N) is 1. The van der Waals surface area contributed by atoms with E-state index < -0.39 is 12.1 Å². The number of benzene rings is 2. The normalized spacial score (nSPS) is 13.3. The van der Waals surface area contributed by atoms with Crippen molar-refractivity contribution in [2.75, 3.05) is 5.32 Å². The summed E-state index contributed by atoms with van der Waals surface area (Å²) in [5.74, 6) is 5.82. The van der Waals surface area contributed by atoms with Crippen LogP contribution >= 0.6 is 11.6 Å². The van der Waals surface area contributed by atoms with Crippen molar-refractivity contribution >= 4 is 28.9 Å². The summed E-state index contributed by atoms with van der Waals surface area (Å²) in [5, 5.41) is 35.6. The lowest BCUT2D eigenvalue weighted by Gasteiger charge is -2.25. The quantitative estimate of drug-likeness (QED) is 0.181. The fourth-order valence-electron chi connectivity index (χ4n) is 2.64. The van der Waals surface area contributed by atoms with Gasteiger partial charge in [0.25, 0.3) is 0 Å². The Labute approximate surface area is 174 Å². The molecule has 0 aliphatic heterocycles. The molecule has 0 aromatic heterocycles. The molecule has 2 atom stereocenters. The third-order valence-electron chi connectivity index (χ3n) is 4.38. The van der Waals surface area contributed by atoms with Gasteiger partial charge in [0.2, 0.25) is 5.90 Å². The molecule has 7 nitrogen and oxygen atoms in total. The first kappa shape index (κ1) is 22.2. The zero-order valence-corrected chi connectivity index (χ0v) is 16.9. The highest BCUT2D eigenvalue weighted by molar-refractivity contribution is 6.32. The number of hydrogen-bond acceptors (Lipinski definition) is 7. The molecular weight excluding hydrogens is 392 g/mol. The summed E-state index contributed by atoms with van der Waals surface area (Å²) in [6.45, 7) is 7.14. The molecule has 1 unspecified atom stereocenters. The van der Waals surface area contributed by atoms with Gasteiger partial charge in [0.05, 0.1) is 23.3 Å². The fraction of sp³-hybridized carbons (Fsp3) is 0.238. The molecule has 2 rings (SSSR count). The van der Waals surface area contributed by atoms with Gasteiger partial charge in [-0.15, -0.1) is 5.10 Å². The Morgan fingerprint density at radius 1 is 1.34 bits per heavy atom. The van der Waals surface area contributed by atoms with Crippen molar-refractivity contribution in [1.82, 2.24) is 0 Å². The summed E-state index contributed by atoms with van der Waals surface area (Å²) < 4.78 is 5.73. The van der Waals surface area contributed by atoms with Gasteiger partial charge in [-0.05, 0) is 37.1 Å². The van der Waals surface area contributed by atoms with E-state index in [2.05, 4.69) is 17.0 Å². The number of anilines is 1.